The number of hydrogen-bond donors (Lipinski definition) is 0. The zero-order chi connectivity index (χ0) is 39.8. The fourth-order valence-corrected chi connectivity index (χ4v) is 2.62. The maximum absolute atomic E-state index is 11.3. The van der Waals surface area contributed by atoms with Crippen LogP contribution in [0.15, 0.2) is 0 Å². The highest BCUT2D eigenvalue weighted by Crippen LogP contribution is 2.28. The van der Waals surface area contributed by atoms with Gasteiger partial charge in [0.05, 0.1) is 0 Å². The standard InChI is InChI=1S/C10H10N12O28/c23-11(24)6(12(25)26,13(27)28)1-47-5-10(48-2-7(14(29)30,15(31)32)16(33)34,49-3-8(17(35)36,18(37)38)19(39)40)50-4-9(20(41)42,21(43)44)22(45)46/h1-5H2. The van der Waals surface area contributed by atoms with Crippen LogP contribution in [-0.4, -0.2) is 121 Å². The molecule has 40 nitrogen and oxygen atoms in total. The molecule has 40 heteroatoms. The van der Waals surface area contributed by atoms with Crippen molar-refractivity contribution in [3.63, 3.8) is 0 Å². The molecule has 0 aromatic rings. The minimum absolute atomic E-state index is 2.34. The van der Waals surface area contributed by atoms with Crippen molar-refractivity contribution >= 4 is 0 Å². The largest absolute Gasteiger partial charge is 0.723 e. The van der Waals surface area contributed by atoms with Gasteiger partial charge in [0.1, 0.15) is 6.61 Å². The van der Waals surface area contributed by atoms with Crippen molar-refractivity contribution < 1.29 is 78.0 Å². The van der Waals surface area contributed by atoms with E-state index in [1.165, 1.54) is 0 Å². The lowest BCUT2D eigenvalue weighted by atomic mass is 10.3. The Labute approximate surface area is 262 Å². The van der Waals surface area contributed by atoms with E-state index < -0.39 is 121 Å². The van der Waals surface area contributed by atoms with Crippen LogP contribution in [-0.2, 0) is 18.9 Å². The van der Waals surface area contributed by atoms with Gasteiger partial charge in [-0.25, -0.2) is 0 Å². The molecule has 0 radical (unpaired) electrons. The number of nitrogens with zero attached hydrogens (tertiary/aromatic N) is 12. The van der Waals surface area contributed by atoms with E-state index in [4.69, 9.17) is 0 Å². The predicted molar refractivity (Wildman–Crippen MR) is 126 cm³/mol. The SMILES string of the molecule is O=[N+]([O-])C(COCC(OCC([N+](=O)[O-])([N+](=O)[O-])[N+](=O)[O-])(OCC([N+](=O)[O-])([N+](=O)[O-])[N+](=O)[O-])OCC([N+](=O)[O-])([N+](=O)[O-])[N+](=O)[O-])([N+](=O)[O-])[N+](=O)[O-]. The molecule has 0 unspecified atom stereocenters. The lowest BCUT2D eigenvalue weighted by molar-refractivity contribution is -0.976. The Bertz CT molecular complexity index is 1250. The molecule has 0 saturated heterocycles. The molecule has 0 aromatic heterocycles. The van der Waals surface area contributed by atoms with Gasteiger partial charge in [0.25, 0.3) is 26.4 Å². The van der Waals surface area contributed by atoms with Gasteiger partial charge in [0.2, 0.25) is 0 Å². The van der Waals surface area contributed by atoms with E-state index in [-0.39, 0.29) is 0 Å². The van der Waals surface area contributed by atoms with Gasteiger partial charge in [-0.2, -0.15) is 0 Å². The molecule has 0 amide bonds. The van der Waals surface area contributed by atoms with Crippen LogP contribution in [0.25, 0.3) is 0 Å². The molecular formula is C10H10N12O28. The third kappa shape index (κ3) is 7.28. The van der Waals surface area contributed by atoms with Crippen LogP contribution in [0.4, 0.5) is 0 Å². The van der Waals surface area contributed by atoms with Crippen LogP contribution in [0.3, 0.4) is 0 Å². The Kier molecular flexibility index (Phi) is 12.8. The third-order valence-corrected chi connectivity index (χ3v) is 5.54. The molecule has 0 rings (SSSR count). The van der Waals surface area contributed by atoms with E-state index in [1.807, 2.05) is 0 Å². The number of nitro groups is 12. The number of rotatable bonds is 25. The highest BCUT2D eigenvalue weighted by Gasteiger charge is 2.77. The second-order valence-electron chi connectivity index (χ2n) is 8.22. The van der Waals surface area contributed by atoms with Gasteiger partial charge in [-0.05, 0) is 0 Å². The van der Waals surface area contributed by atoms with Crippen molar-refractivity contribution in [3.8, 4) is 0 Å². The Morgan fingerprint density at radius 2 is 0.440 bits per heavy atom. The van der Waals surface area contributed by atoms with E-state index >= 15 is 0 Å². The average Bonchev–Trinajstić information content (AvgIpc) is 2.93. The molecule has 278 valence electrons. The summed E-state index contributed by atoms with van der Waals surface area (Å²) in [6.07, 6.45) is 0. The molecular weight excluding hydrogens is 736 g/mol. The van der Waals surface area contributed by atoms with Crippen LogP contribution in [0, 0.1) is 121 Å². The summed E-state index contributed by atoms with van der Waals surface area (Å²) in [5.74, 6) is -24.6. The van der Waals surface area contributed by atoms with Crippen molar-refractivity contribution in [3.05, 3.63) is 121 Å². The summed E-state index contributed by atoms with van der Waals surface area (Å²) in [5, 5.41) is 136. The summed E-state index contributed by atoms with van der Waals surface area (Å²) in [6.45, 7) is -14.3. The van der Waals surface area contributed by atoms with E-state index in [1.54, 1.807) is 0 Å². The Balaban J connectivity index is 7.91. The van der Waals surface area contributed by atoms with Gasteiger partial charge in [0, 0.05) is 0 Å². The van der Waals surface area contributed by atoms with Gasteiger partial charge >= 0.3 is 29.1 Å². The molecule has 0 heterocycles. The van der Waals surface area contributed by atoms with Crippen LogP contribution in [0.1, 0.15) is 0 Å². The summed E-state index contributed by atoms with van der Waals surface area (Å²) in [7, 11) is 0. The second-order valence-corrected chi connectivity index (χ2v) is 8.22. The fraction of sp³-hybridized carbons (Fsp3) is 1.00. The minimum atomic E-state index is -5.02. The lowest BCUT2D eigenvalue weighted by Gasteiger charge is -2.31. The first-order valence-electron chi connectivity index (χ1n) is 10.9. The number of ether oxygens (including phenoxy) is 4. The first kappa shape index (κ1) is 42.6. The molecule has 0 aromatic carbocycles. The molecule has 0 aliphatic rings. The summed E-state index contributed by atoms with van der Waals surface area (Å²) in [6, 6.07) is 0. The first-order valence-corrected chi connectivity index (χ1v) is 10.9. The Morgan fingerprint density at radius 3 is 0.600 bits per heavy atom. The third-order valence-electron chi connectivity index (χ3n) is 5.54. The van der Waals surface area contributed by atoms with Crippen LogP contribution in [0.5, 0.6) is 0 Å². The molecule has 0 fully saturated rings. The fourth-order valence-electron chi connectivity index (χ4n) is 2.62. The monoisotopic (exact) mass is 746 g/mol. The molecule has 0 aliphatic heterocycles. The van der Waals surface area contributed by atoms with E-state index in [0.717, 1.165) is 0 Å². The quantitative estimate of drug-likeness (QED) is 0.0484. The molecule has 0 N–H and O–H groups in total. The zero-order valence-electron chi connectivity index (χ0n) is 22.8. The van der Waals surface area contributed by atoms with Gasteiger partial charge in [-0.1, -0.05) is 0 Å². The molecule has 0 atom stereocenters. The van der Waals surface area contributed by atoms with Crippen molar-refractivity contribution in [2.45, 2.75) is 29.1 Å². The molecule has 50 heavy (non-hydrogen) atoms. The van der Waals surface area contributed by atoms with Gasteiger partial charge < -0.3 is 18.9 Å². The Morgan fingerprint density at radius 1 is 0.280 bits per heavy atom. The van der Waals surface area contributed by atoms with Crippen LogP contribution in [0.2, 0.25) is 0 Å². The highest BCUT2D eigenvalue weighted by molar-refractivity contribution is 4.67. The molecule has 0 bridgehead atoms. The van der Waals surface area contributed by atoms with E-state index in [9.17, 15) is 121 Å². The minimum Gasteiger partial charge on any atom is -0.351 e. The van der Waals surface area contributed by atoms with Crippen LogP contribution < -0.4 is 0 Å². The summed E-state index contributed by atoms with van der Waals surface area (Å²) >= 11 is 0. The maximum atomic E-state index is 11.3. The molecule has 0 saturated carbocycles. The summed E-state index contributed by atoms with van der Waals surface area (Å²) in [4.78, 5) is 106. The van der Waals surface area contributed by atoms with Crippen LogP contribution >= 0.6 is 0 Å². The second kappa shape index (κ2) is 15.0. The average molecular weight is 746 g/mol. The Hall–Kier alpha value is -7.36. The van der Waals surface area contributed by atoms with E-state index in [0.29, 0.717) is 0 Å². The summed E-state index contributed by atoms with van der Waals surface area (Å²) < 4.78 is 16.8. The first-order chi connectivity index (χ1) is 22.6. The molecule has 0 aliphatic carbocycles. The normalized spacial score (nSPS) is 12.2. The summed E-state index contributed by atoms with van der Waals surface area (Å²) in [5.41, 5.74) is 0. The topological polar surface area (TPSA) is 555 Å². The van der Waals surface area contributed by atoms with Crippen molar-refractivity contribution in [2.75, 3.05) is 33.0 Å². The van der Waals surface area contributed by atoms with E-state index in [2.05, 4.69) is 18.9 Å². The lowest BCUT2D eigenvalue weighted by Crippen LogP contribution is -2.64. The zero-order valence-corrected chi connectivity index (χ0v) is 22.8. The van der Waals surface area contributed by atoms with Crippen molar-refractivity contribution in [1.82, 2.24) is 0 Å². The smallest absolute Gasteiger partial charge is 0.351 e. The van der Waals surface area contributed by atoms with Gasteiger partial charge in [0.15, 0.2) is 59.1 Å². The van der Waals surface area contributed by atoms with Crippen molar-refractivity contribution in [1.29, 1.82) is 0 Å². The molecule has 0 spiro atoms. The predicted octanol–water partition coefficient (Wildman–Crippen LogP) is -4.36. The van der Waals surface area contributed by atoms with Crippen molar-refractivity contribution in [2.24, 2.45) is 0 Å². The van der Waals surface area contributed by atoms with Gasteiger partial charge in [-0.15, -0.1) is 0 Å². The maximum Gasteiger partial charge on any atom is 0.723 e. The highest BCUT2D eigenvalue weighted by atomic mass is 16.9. The number of hydrogen-bond acceptors (Lipinski definition) is 28. The van der Waals surface area contributed by atoms with Gasteiger partial charge in [-0.3, -0.25) is 121 Å².